The van der Waals surface area contributed by atoms with Crippen LogP contribution in [0.25, 0.3) is 0 Å². The number of amides is 1. The van der Waals surface area contributed by atoms with Crippen LogP contribution >= 0.6 is 0 Å². The lowest BCUT2D eigenvalue weighted by atomic mass is 9.99. The van der Waals surface area contributed by atoms with Crippen LogP contribution in [0.5, 0.6) is 0 Å². The molecule has 0 radical (unpaired) electrons. The molecule has 1 heterocycles. The van der Waals surface area contributed by atoms with Crippen molar-refractivity contribution in [1.29, 1.82) is 5.26 Å². The highest BCUT2D eigenvalue weighted by molar-refractivity contribution is 5.82. The molecule has 0 fully saturated rings. The van der Waals surface area contributed by atoms with Gasteiger partial charge in [0.25, 0.3) is 0 Å². The van der Waals surface area contributed by atoms with E-state index in [1.165, 1.54) is 0 Å². The van der Waals surface area contributed by atoms with Crippen molar-refractivity contribution in [2.75, 3.05) is 0 Å². The number of carbonyl (C=O) groups excluding carboxylic acids is 1. The topological polar surface area (TPSA) is 65.8 Å². The van der Waals surface area contributed by atoms with Gasteiger partial charge in [0.15, 0.2) is 0 Å². The number of nitriles is 1. The predicted octanol–water partition coefficient (Wildman–Crippen LogP) is 1.68. The molecule has 4 heteroatoms. The number of rotatable bonds is 3. The molecule has 0 saturated carbocycles. The van der Waals surface area contributed by atoms with Gasteiger partial charge in [-0.25, -0.2) is 0 Å². The van der Waals surface area contributed by atoms with Crippen LogP contribution < -0.4 is 5.32 Å². The second-order valence-electron chi connectivity index (χ2n) is 4.99. The Kier molecular flexibility index (Phi) is 4.22. The highest BCUT2D eigenvalue weighted by Crippen LogP contribution is 2.09. The minimum Gasteiger partial charge on any atom is -0.350 e. The summed E-state index contributed by atoms with van der Waals surface area (Å²) in [5.74, 6) is -0.901. The third-order valence-electron chi connectivity index (χ3n) is 2.13. The molecule has 90 valence electrons. The summed E-state index contributed by atoms with van der Waals surface area (Å²) in [7, 11) is 0. The van der Waals surface area contributed by atoms with Crippen LogP contribution in [-0.4, -0.2) is 16.4 Å². The van der Waals surface area contributed by atoms with Gasteiger partial charge in [-0.15, -0.1) is 0 Å². The van der Waals surface area contributed by atoms with Crippen molar-refractivity contribution in [2.45, 2.75) is 32.7 Å². The summed E-state index contributed by atoms with van der Waals surface area (Å²) in [6.45, 7) is 5.68. The molecule has 0 aliphatic heterocycles. The Balaban J connectivity index is 2.68. The van der Waals surface area contributed by atoms with Crippen molar-refractivity contribution in [3.05, 3.63) is 30.1 Å². The lowest BCUT2D eigenvalue weighted by Crippen LogP contribution is -2.44. The largest absolute Gasteiger partial charge is 0.350 e. The Bertz CT molecular complexity index is 415. The number of pyridine rings is 1. The quantitative estimate of drug-likeness (QED) is 0.860. The molecular weight excluding hydrogens is 214 g/mol. The molecule has 17 heavy (non-hydrogen) atoms. The van der Waals surface area contributed by atoms with E-state index in [0.717, 1.165) is 5.56 Å². The average Bonchev–Trinajstić information content (AvgIpc) is 2.24. The monoisotopic (exact) mass is 231 g/mol. The van der Waals surface area contributed by atoms with Crippen LogP contribution in [-0.2, 0) is 11.2 Å². The fraction of sp³-hybridized carbons (Fsp3) is 0.462. The lowest BCUT2D eigenvalue weighted by Gasteiger charge is -2.22. The predicted molar refractivity (Wildman–Crippen MR) is 64.9 cm³/mol. The number of hydrogen-bond acceptors (Lipinski definition) is 3. The van der Waals surface area contributed by atoms with E-state index in [9.17, 15) is 4.79 Å². The van der Waals surface area contributed by atoms with Crippen molar-refractivity contribution in [2.24, 2.45) is 5.92 Å². The van der Waals surface area contributed by atoms with Crippen LogP contribution in [0.2, 0.25) is 0 Å². The van der Waals surface area contributed by atoms with Gasteiger partial charge in [-0.1, -0.05) is 6.07 Å². The molecule has 1 N–H and O–H groups in total. The molecule has 1 aromatic heterocycles. The van der Waals surface area contributed by atoms with E-state index in [-0.39, 0.29) is 11.4 Å². The van der Waals surface area contributed by atoms with Gasteiger partial charge in [-0.05, 0) is 38.8 Å². The van der Waals surface area contributed by atoms with E-state index in [2.05, 4.69) is 10.3 Å². The summed E-state index contributed by atoms with van der Waals surface area (Å²) in [5, 5.41) is 11.8. The Morgan fingerprint density at radius 2 is 2.29 bits per heavy atom. The molecule has 1 amide bonds. The second kappa shape index (κ2) is 5.44. The summed E-state index contributed by atoms with van der Waals surface area (Å²) in [5.41, 5.74) is 0.573. The zero-order valence-corrected chi connectivity index (χ0v) is 10.4. The lowest BCUT2D eigenvalue weighted by molar-refractivity contribution is -0.124. The van der Waals surface area contributed by atoms with Gasteiger partial charge in [0.2, 0.25) is 5.91 Å². The Hall–Kier alpha value is -1.89. The van der Waals surface area contributed by atoms with E-state index < -0.39 is 5.92 Å². The van der Waals surface area contributed by atoms with Gasteiger partial charge < -0.3 is 5.32 Å². The maximum Gasteiger partial charge on any atom is 0.238 e. The highest BCUT2D eigenvalue weighted by atomic mass is 16.2. The van der Waals surface area contributed by atoms with Gasteiger partial charge in [-0.2, -0.15) is 5.26 Å². The third kappa shape index (κ3) is 4.64. The smallest absolute Gasteiger partial charge is 0.238 e. The fourth-order valence-electron chi connectivity index (χ4n) is 1.41. The van der Waals surface area contributed by atoms with Crippen LogP contribution in [0.4, 0.5) is 0 Å². The van der Waals surface area contributed by atoms with Gasteiger partial charge >= 0.3 is 0 Å². The minimum atomic E-state index is -0.668. The number of nitrogens with one attached hydrogen (secondary N) is 1. The summed E-state index contributed by atoms with van der Waals surface area (Å²) in [6, 6.07) is 5.69. The molecule has 0 aromatic carbocycles. The number of carbonyl (C=O) groups is 1. The summed E-state index contributed by atoms with van der Waals surface area (Å²) in [6.07, 6.45) is 3.74. The van der Waals surface area contributed by atoms with Crippen LogP contribution in [0.15, 0.2) is 24.5 Å². The molecule has 0 bridgehead atoms. The summed E-state index contributed by atoms with van der Waals surface area (Å²) in [4.78, 5) is 15.8. The Morgan fingerprint density at radius 1 is 1.59 bits per heavy atom. The number of hydrogen-bond donors (Lipinski definition) is 1. The summed E-state index contributed by atoms with van der Waals surface area (Å²) < 4.78 is 0. The van der Waals surface area contributed by atoms with E-state index in [4.69, 9.17) is 5.26 Å². The van der Waals surface area contributed by atoms with E-state index >= 15 is 0 Å². The van der Waals surface area contributed by atoms with Gasteiger partial charge in [0.05, 0.1) is 6.07 Å². The molecule has 1 atom stereocenters. The highest BCUT2D eigenvalue weighted by Gasteiger charge is 2.22. The van der Waals surface area contributed by atoms with Crippen molar-refractivity contribution >= 4 is 5.91 Å². The molecule has 0 spiro atoms. The first-order chi connectivity index (χ1) is 7.92. The first kappa shape index (κ1) is 13.2. The second-order valence-corrected chi connectivity index (χ2v) is 4.99. The van der Waals surface area contributed by atoms with Gasteiger partial charge in [-0.3, -0.25) is 9.78 Å². The average molecular weight is 231 g/mol. The van der Waals surface area contributed by atoms with Crippen LogP contribution in [0.3, 0.4) is 0 Å². The third-order valence-corrected chi connectivity index (χ3v) is 2.13. The number of aromatic nitrogens is 1. The van der Waals surface area contributed by atoms with Crippen LogP contribution in [0, 0.1) is 17.2 Å². The molecule has 0 aliphatic rings. The fourth-order valence-corrected chi connectivity index (χ4v) is 1.41. The minimum absolute atomic E-state index is 0.233. The van der Waals surface area contributed by atoms with Crippen molar-refractivity contribution in [1.82, 2.24) is 10.3 Å². The molecule has 4 nitrogen and oxygen atoms in total. The molecule has 1 unspecified atom stereocenters. The molecule has 1 rings (SSSR count). The Labute approximate surface area is 102 Å². The maximum atomic E-state index is 11.8. The van der Waals surface area contributed by atoms with E-state index in [0.29, 0.717) is 6.42 Å². The standard InChI is InChI=1S/C13H17N3O/c1-13(2,3)16-12(17)11(8-14)7-10-5-4-6-15-9-10/h4-6,9,11H,7H2,1-3H3,(H,16,17). The van der Waals surface area contributed by atoms with Crippen LogP contribution in [0.1, 0.15) is 26.3 Å². The van der Waals surface area contributed by atoms with Crippen molar-refractivity contribution < 1.29 is 4.79 Å². The zero-order valence-electron chi connectivity index (χ0n) is 10.4. The van der Waals surface area contributed by atoms with E-state index in [1.807, 2.05) is 32.9 Å². The molecule has 0 aliphatic carbocycles. The first-order valence-electron chi connectivity index (χ1n) is 5.53. The number of nitrogens with zero attached hydrogens (tertiary/aromatic N) is 2. The maximum absolute atomic E-state index is 11.8. The Morgan fingerprint density at radius 3 is 2.76 bits per heavy atom. The van der Waals surface area contributed by atoms with E-state index in [1.54, 1.807) is 18.5 Å². The van der Waals surface area contributed by atoms with Gasteiger partial charge in [0, 0.05) is 17.9 Å². The molecule has 0 saturated heterocycles. The first-order valence-corrected chi connectivity index (χ1v) is 5.53. The summed E-state index contributed by atoms with van der Waals surface area (Å²) >= 11 is 0. The van der Waals surface area contributed by atoms with Gasteiger partial charge in [0.1, 0.15) is 5.92 Å². The van der Waals surface area contributed by atoms with Crippen molar-refractivity contribution in [3.8, 4) is 6.07 Å². The molecule has 1 aromatic rings. The zero-order chi connectivity index (χ0) is 12.9. The normalized spacial score (nSPS) is 12.6. The SMILES string of the molecule is CC(C)(C)NC(=O)C(C#N)Cc1cccnc1. The molecular formula is C13H17N3O. The van der Waals surface area contributed by atoms with Crippen molar-refractivity contribution in [3.63, 3.8) is 0 Å².